The third-order valence-electron chi connectivity index (χ3n) is 3.65. The van der Waals surface area contributed by atoms with E-state index >= 15 is 0 Å². The lowest BCUT2D eigenvalue weighted by Gasteiger charge is -2.34. The van der Waals surface area contributed by atoms with Crippen molar-refractivity contribution in [2.75, 3.05) is 0 Å². The summed E-state index contributed by atoms with van der Waals surface area (Å²) in [5.41, 5.74) is 1.55. The lowest BCUT2D eigenvalue weighted by atomic mass is 9.64. The Morgan fingerprint density at radius 2 is 2.12 bits per heavy atom. The second kappa shape index (κ2) is 3.21. The van der Waals surface area contributed by atoms with Crippen LogP contribution in [0.15, 0.2) is 30.5 Å². The molecular weight excluding hydrogens is 212 g/mol. The molecule has 3 nitrogen and oxygen atoms in total. The standard InChI is InChI=1S/C14H12N2O/c1-16-5-4-10-6-11(2-3-13(10)16)14(9-15)7-12(17)8-14/h2-6H,7-8H2,1H3. The molecule has 1 aromatic heterocycles. The van der Waals surface area contributed by atoms with Gasteiger partial charge in [0, 0.05) is 31.6 Å². The molecule has 0 spiro atoms. The van der Waals surface area contributed by atoms with E-state index in [0.29, 0.717) is 12.8 Å². The highest BCUT2D eigenvalue weighted by Crippen LogP contribution is 2.41. The Kier molecular flexibility index (Phi) is 1.90. The summed E-state index contributed by atoms with van der Waals surface area (Å²) in [6.45, 7) is 0. The number of Topliss-reactive ketones (excluding diaryl/α,β-unsaturated/α-hetero) is 1. The van der Waals surface area contributed by atoms with E-state index in [4.69, 9.17) is 0 Å². The molecule has 17 heavy (non-hydrogen) atoms. The molecule has 1 fully saturated rings. The third-order valence-corrected chi connectivity index (χ3v) is 3.65. The fourth-order valence-corrected chi connectivity index (χ4v) is 2.55. The van der Waals surface area contributed by atoms with E-state index in [1.807, 2.05) is 42.1 Å². The van der Waals surface area contributed by atoms with Gasteiger partial charge in [-0.1, -0.05) is 6.07 Å². The molecule has 0 saturated heterocycles. The molecule has 0 amide bonds. The SMILES string of the molecule is Cn1ccc2cc(C3(C#N)CC(=O)C3)ccc21. The van der Waals surface area contributed by atoms with Gasteiger partial charge >= 0.3 is 0 Å². The van der Waals surface area contributed by atoms with Gasteiger partial charge in [-0.3, -0.25) is 4.79 Å². The Hall–Kier alpha value is -2.08. The van der Waals surface area contributed by atoms with Crippen molar-refractivity contribution in [3.05, 3.63) is 36.0 Å². The van der Waals surface area contributed by atoms with Crippen molar-refractivity contribution in [2.45, 2.75) is 18.3 Å². The van der Waals surface area contributed by atoms with E-state index in [9.17, 15) is 10.1 Å². The number of nitriles is 1. The van der Waals surface area contributed by atoms with Gasteiger partial charge < -0.3 is 4.57 Å². The predicted octanol–water partition coefficient (Wildman–Crippen LogP) is 2.30. The normalized spacial score (nSPS) is 17.8. The molecule has 0 unspecified atom stereocenters. The lowest BCUT2D eigenvalue weighted by molar-refractivity contribution is -0.126. The predicted molar refractivity (Wildman–Crippen MR) is 64.5 cm³/mol. The van der Waals surface area contributed by atoms with Crippen LogP contribution in [-0.4, -0.2) is 10.4 Å². The molecule has 3 rings (SSSR count). The number of rotatable bonds is 1. The van der Waals surface area contributed by atoms with Crippen molar-refractivity contribution < 1.29 is 4.79 Å². The van der Waals surface area contributed by atoms with Crippen LogP contribution in [0.1, 0.15) is 18.4 Å². The van der Waals surface area contributed by atoms with E-state index in [0.717, 1.165) is 16.5 Å². The Balaban J connectivity index is 2.13. The van der Waals surface area contributed by atoms with E-state index < -0.39 is 5.41 Å². The summed E-state index contributed by atoms with van der Waals surface area (Å²) in [5.74, 6) is 0.180. The minimum Gasteiger partial charge on any atom is -0.351 e. The minimum atomic E-state index is -0.568. The van der Waals surface area contributed by atoms with Gasteiger partial charge in [-0.2, -0.15) is 5.26 Å². The van der Waals surface area contributed by atoms with Gasteiger partial charge in [0.1, 0.15) is 5.78 Å². The topological polar surface area (TPSA) is 45.8 Å². The molecule has 2 aromatic rings. The molecule has 1 heterocycles. The highest BCUT2D eigenvalue weighted by atomic mass is 16.1. The molecule has 84 valence electrons. The summed E-state index contributed by atoms with van der Waals surface area (Å²) >= 11 is 0. The van der Waals surface area contributed by atoms with Crippen LogP contribution in [0.2, 0.25) is 0 Å². The summed E-state index contributed by atoms with van der Waals surface area (Å²) in [5, 5.41) is 10.4. The van der Waals surface area contributed by atoms with Gasteiger partial charge in [0.2, 0.25) is 0 Å². The maximum Gasteiger partial charge on any atom is 0.136 e. The molecule has 0 N–H and O–H groups in total. The van der Waals surface area contributed by atoms with Crippen LogP contribution in [0.25, 0.3) is 10.9 Å². The molecule has 1 saturated carbocycles. The van der Waals surface area contributed by atoms with Gasteiger partial charge in [0.25, 0.3) is 0 Å². The number of aryl methyl sites for hydroxylation is 1. The van der Waals surface area contributed by atoms with Crippen molar-refractivity contribution in [3.8, 4) is 6.07 Å². The molecule has 0 radical (unpaired) electrons. The van der Waals surface area contributed by atoms with E-state index in [2.05, 4.69) is 6.07 Å². The van der Waals surface area contributed by atoms with Crippen LogP contribution in [-0.2, 0) is 17.3 Å². The Labute approximate surface area is 99.3 Å². The molecule has 1 aliphatic carbocycles. The first-order chi connectivity index (χ1) is 8.14. The monoisotopic (exact) mass is 224 g/mol. The summed E-state index contributed by atoms with van der Waals surface area (Å²) in [4.78, 5) is 11.2. The highest BCUT2D eigenvalue weighted by molar-refractivity contribution is 5.91. The van der Waals surface area contributed by atoms with Gasteiger partial charge in [0.15, 0.2) is 0 Å². The number of benzene rings is 1. The first-order valence-electron chi connectivity index (χ1n) is 5.63. The zero-order valence-electron chi connectivity index (χ0n) is 9.60. The van der Waals surface area contributed by atoms with Gasteiger partial charge in [-0.15, -0.1) is 0 Å². The summed E-state index contributed by atoms with van der Waals surface area (Å²) < 4.78 is 2.05. The van der Waals surface area contributed by atoms with E-state index in [-0.39, 0.29) is 5.78 Å². The van der Waals surface area contributed by atoms with Gasteiger partial charge in [-0.05, 0) is 29.1 Å². The number of carbonyl (C=O) groups is 1. The molecule has 3 heteroatoms. The van der Waals surface area contributed by atoms with Crippen molar-refractivity contribution in [1.82, 2.24) is 4.57 Å². The number of nitrogens with zero attached hydrogens (tertiary/aromatic N) is 2. The average molecular weight is 224 g/mol. The first-order valence-corrected chi connectivity index (χ1v) is 5.63. The summed E-state index contributed by atoms with van der Waals surface area (Å²) in [6.07, 6.45) is 2.73. The second-order valence-corrected chi connectivity index (χ2v) is 4.79. The fourth-order valence-electron chi connectivity index (χ4n) is 2.55. The Bertz CT molecular complexity index is 652. The Morgan fingerprint density at radius 1 is 1.35 bits per heavy atom. The number of ketones is 1. The number of hydrogen-bond acceptors (Lipinski definition) is 2. The minimum absolute atomic E-state index is 0.180. The molecule has 1 aromatic carbocycles. The fraction of sp³-hybridized carbons (Fsp3) is 0.286. The van der Waals surface area contributed by atoms with Crippen LogP contribution >= 0.6 is 0 Å². The second-order valence-electron chi connectivity index (χ2n) is 4.79. The molecule has 0 atom stereocenters. The maximum absolute atomic E-state index is 11.2. The zero-order chi connectivity index (χ0) is 12.0. The van der Waals surface area contributed by atoms with Crippen LogP contribution < -0.4 is 0 Å². The molecule has 0 bridgehead atoms. The molecule has 1 aliphatic rings. The number of aromatic nitrogens is 1. The number of carbonyl (C=O) groups excluding carboxylic acids is 1. The Morgan fingerprint density at radius 3 is 2.76 bits per heavy atom. The van der Waals surface area contributed by atoms with Crippen molar-refractivity contribution in [1.29, 1.82) is 5.26 Å². The number of fused-ring (bicyclic) bond motifs is 1. The van der Waals surface area contributed by atoms with Gasteiger partial charge in [-0.25, -0.2) is 0 Å². The summed E-state index contributed by atoms with van der Waals surface area (Å²) in [6, 6.07) is 10.4. The summed E-state index contributed by atoms with van der Waals surface area (Å²) in [7, 11) is 1.99. The maximum atomic E-state index is 11.2. The quantitative estimate of drug-likeness (QED) is 0.746. The lowest BCUT2D eigenvalue weighted by Crippen LogP contribution is -2.40. The molecular formula is C14H12N2O. The zero-order valence-corrected chi connectivity index (χ0v) is 9.60. The van der Waals surface area contributed by atoms with Crippen LogP contribution in [0, 0.1) is 11.3 Å². The molecule has 0 aliphatic heterocycles. The van der Waals surface area contributed by atoms with Crippen molar-refractivity contribution in [2.24, 2.45) is 7.05 Å². The van der Waals surface area contributed by atoms with Crippen LogP contribution in [0.5, 0.6) is 0 Å². The van der Waals surface area contributed by atoms with Crippen LogP contribution in [0.3, 0.4) is 0 Å². The smallest absolute Gasteiger partial charge is 0.136 e. The average Bonchev–Trinajstić information content (AvgIpc) is 2.66. The van der Waals surface area contributed by atoms with E-state index in [1.54, 1.807) is 0 Å². The van der Waals surface area contributed by atoms with Crippen molar-refractivity contribution >= 4 is 16.7 Å². The van der Waals surface area contributed by atoms with E-state index in [1.165, 1.54) is 0 Å². The van der Waals surface area contributed by atoms with Crippen molar-refractivity contribution in [3.63, 3.8) is 0 Å². The van der Waals surface area contributed by atoms with Crippen LogP contribution in [0.4, 0.5) is 0 Å². The van der Waals surface area contributed by atoms with Gasteiger partial charge in [0.05, 0.1) is 11.5 Å². The highest BCUT2D eigenvalue weighted by Gasteiger charge is 2.45. The number of hydrogen-bond donors (Lipinski definition) is 0. The first kappa shape index (κ1) is 10.1. The third kappa shape index (κ3) is 1.31. The largest absolute Gasteiger partial charge is 0.351 e.